The molecule has 0 aliphatic rings. The van der Waals surface area contributed by atoms with E-state index in [4.69, 9.17) is 39.5 Å². The van der Waals surface area contributed by atoms with Crippen molar-refractivity contribution in [2.75, 3.05) is 31.6 Å². The number of alkyl halides is 3. The van der Waals surface area contributed by atoms with Crippen molar-refractivity contribution in [3.63, 3.8) is 0 Å². The lowest BCUT2D eigenvalue weighted by Crippen LogP contribution is -2.26. The van der Waals surface area contributed by atoms with E-state index in [1.165, 1.54) is 0 Å². The fourth-order valence-corrected chi connectivity index (χ4v) is 2.00. The van der Waals surface area contributed by atoms with Gasteiger partial charge in [0.05, 0.1) is 6.61 Å². The molecule has 124 valence electrons. The van der Waals surface area contributed by atoms with Crippen LogP contribution in [-0.2, 0) is 4.79 Å². The monoisotopic (exact) mass is 366 g/mol. The maximum Gasteiger partial charge on any atom is 0.276 e. The molecule has 0 saturated carbocycles. The average Bonchev–Trinajstić information content (AvgIpc) is 2.48. The first-order valence-electron chi connectivity index (χ1n) is 7.20. The zero-order valence-electron chi connectivity index (χ0n) is 12.7. The second kappa shape index (κ2) is 9.46. The molecule has 7 heteroatoms. The van der Waals surface area contributed by atoms with Crippen molar-refractivity contribution < 1.29 is 9.53 Å². The van der Waals surface area contributed by atoms with Crippen LogP contribution in [0.1, 0.15) is 20.3 Å². The van der Waals surface area contributed by atoms with Crippen LogP contribution in [-0.4, -0.2) is 40.8 Å². The molecule has 0 heterocycles. The highest BCUT2D eigenvalue weighted by Crippen LogP contribution is 2.28. The number of carbonyl (C=O) groups excluding carboxylic acids is 1. The largest absolute Gasteiger partial charge is 0.494 e. The summed E-state index contributed by atoms with van der Waals surface area (Å²) in [4.78, 5) is 13.9. The van der Waals surface area contributed by atoms with Gasteiger partial charge in [0, 0.05) is 12.2 Å². The predicted octanol–water partition coefficient (Wildman–Crippen LogP) is 4.11. The van der Waals surface area contributed by atoms with E-state index < -0.39 is 9.70 Å². The van der Waals surface area contributed by atoms with Crippen molar-refractivity contribution in [1.82, 2.24) is 4.90 Å². The highest BCUT2D eigenvalue weighted by Gasteiger charge is 2.30. The molecule has 0 atom stereocenters. The minimum atomic E-state index is -1.97. The smallest absolute Gasteiger partial charge is 0.276 e. The molecular formula is C15H21Cl3N2O2. The first-order valence-corrected chi connectivity index (χ1v) is 8.33. The zero-order valence-corrected chi connectivity index (χ0v) is 15.0. The maximum atomic E-state index is 11.5. The number of carbonyl (C=O) groups is 1. The molecule has 0 aliphatic heterocycles. The third-order valence-corrected chi connectivity index (χ3v) is 3.67. The van der Waals surface area contributed by atoms with E-state index in [9.17, 15) is 4.79 Å². The Kier molecular flexibility index (Phi) is 8.33. The Morgan fingerprint density at radius 1 is 1.18 bits per heavy atom. The molecule has 0 saturated heterocycles. The van der Waals surface area contributed by atoms with Crippen LogP contribution in [0.5, 0.6) is 5.75 Å². The second-order valence-corrected chi connectivity index (χ2v) is 6.99. The van der Waals surface area contributed by atoms with Crippen molar-refractivity contribution in [3.8, 4) is 5.75 Å². The van der Waals surface area contributed by atoms with E-state index in [1.807, 2.05) is 0 Å². The van der Waals surface area contributed by atoms with Crippen LogP contribution < -0.4 is 10.1 Å². The normalized spacial score (nSPS) is 11.5. The second-order valence-electron chi connectivity index (χ2n) is 4.71. The van der Waals surface area contributed by atoms with Gasteiger partial charge in [0.15, 0.2) is 0 Å². The Balaban J connectivity index is 2.37. The number of benzene rings is 1. The zero-order chi connectivity index (χ0) is 16.6. The van der Waals surface area contributed by atoms with Crippen LogP contribution in [0, 0.1) is 0 Å². The summed E-state index contributed by atoms with van der Waals surface area (Å²) in [7, 11) is 0. The number of rotatable bonds is 8. The average molecular weight is 368 g/mol. The van der Waals surface area contributed by atoms with Crippen LogP contribution >= 0.6 is 34.8 Å². The molecule has 1 N–H and O–H groups in total. The summed E-state index contributed by atoms with van der Waals surface area (Å²) >= 11 is 16.5. The van der Waals surface area contributed by atoms with Gasteiger partial charge in [0.2, 0.25) is 0 Å². The number of anilines is 1. The lowest BCUT2D eigenvalue weighted by atomic mass is 10.3. The van der Waals surface area contributed by atoms with Gasteiger partial charge in [-0.1, -0.05) is 48.7 Å². The van der Waals surface area contributed by atoms with Crippen LogP contribution in [0.15, 0.2) is 24.3 Å². The molecule has 4 nitrogen and oxygen atoms in total. The summed E-state index contributed by atoms with van der Waals surface area (Å²) in [5.41, 5.74) is 0.548. The molecule has 1 rings (SSSR count). The number of hydrogen-bond acceptors (Lipinski definition) is 3. The molecular weight excluding hydrogens is 347 g/mol. The Hall–Kier alpha value is -0.680. The van der Waals surface area contributed by atoms with Crippen LogP contribution in [0.3, 0.4) is 0 Å². The van der Waals surface area contributed by atoms with Gasteiger partial charge in [-0.15, -0.1) is 0 Å². The summed E-state index contributed by atoms with van der Waals surface area (Å²) in [6, 6.07) is 6.94. The lowest BCUT2D eigenvalue weighted by Gasteiger charge is -2.17. The summed E-state index contributed by atoms with van der Waals surface area (Å²) in [5.74, 6) is 0.0526. The fraction of sp³-hybridized carbons (Fsp3) is 0.533. The van der Waals surface area contributed by atoms with E-state index in [-0.39, 0.29) is 0 Å². The molecule has 22 heavy (non-hydrogen) atoms. The fourth-order valence-electron chi connectivity index (χ4n) is 1.85. The Morgan fingerprint density at radius 3 is 2.27 bits per heavy atom. The molecule has 1 amide bonds. The van der Waals surface area contributed by atoms with Gasteiger partial charge in [-0.25, -0.2) is 0 Å². The topological polar surface area (TPSA) is 41.6 Å². The molecule has 0 spiro atoms. The van der Waals surface area contributed by atoms with Gasteiger partial charge in [0.1, 0.15) is 5.75 Å². The number of halogens is 3. The molecule has 0 fully saturated rings. The Labute approximate surface area is 146 Å². The number of nitrogens with one attached hydrogen (secondary N) is 1. The molecule has 0 bridgehead atoms. The van der Waals surface area contributed by atoms with Gasteiger partial charge in [0.25, 0.3) is 9.70 Å². The predicted molar refractivity (Wildman–Crippen MR) is 93.3 cm³/mol. The molecule has 1 aromatic rings. The Morgan fingerprint density at radius 2 is 1.77 bits per heavy atom. The minimum Gasteiger partial charge on any atom is -0.494 e. The molecule has 0 aliphatic carbocycles. The van der Waals surface area contributed by atoms with Gasteiger partial charge in [-0.2, -0.15) is 0 Å². The standard InChI is InChI=1S/C15H21Cl3N2O2/c1-3-20(4-2)10-5-11-22-13-8-6-12(7-9-13)19-14(21)15(16,17)18/h6-9H,3-5,10-11H2,1-2H3,(H,19,21). The van der Waals surface area contributed by atoms with Gasteiger partial charge < -0.3 is 15.0 Å². The van der Waals surface area contributed by atoms with Crippen LogP contribution in [0.4, 0.5) is 5.69 Å². The SMILES string of the molecule is CCN(CC)CCCOc1ccc(NC(=O)C(Cl)(Cl)Cl)cc1. The Bertz CT molecular complexity index is 457. The van der Waals surface area contributed by atoms with Gasteiger partial charge >= 0.3 is 0 Å². The molecule has 0 unspecified atom stereocenters. The quantitative estimate of drug-likeness (QED) is 0.555. The minimum absolute atomic E-state index is 0.548. The van der Waals surface area contributed by atoms with E-state index >= 15 is 0 Å². The summed E-state index contributed by atoms with van der Waals surface area (Å²) < 4.78 is 3.68. The lowest BCUT2D eigenvalue weighted by molar-refractivity contribution is -0.115. The van der Waals surface area contributed by atoms with Gasteiger partial charge in [-0.05, 0) is 43.8 Å². The summed E-state index contributed by atoms with van der Waals surface area (Å²) in [5, 5.41) is 2.51. The van der Waals surface area contributed by atoms with E-state index in [2.05, 4.69) is 24.1 Å². The highest BCUT2D eigenvalue weighted by molar-refractivity contribution is 6.76. The number of hydrogen-bond donors (Lipinski definition) is 1. The number of ether oxygens (including phenoxy) is 1. The highest BCUT2D eigenvalue weighted by atomic mass is 35.6. The maximum absolute atomic E-state index is 11.5. The van der Waals surface area contributed by atoms with Crippen LogP contribution in [0.2, 0.25) is 0 Å². The molecule has 0 radical (unpaired) electrons. The molecule has 1 aromatic carbocycles. The first kappa shape index (κ1) is 19.4. The number of amides is 1. The van der Waals surface area contributed by atoms with Crippen molar-refractivity contribution >= 4 is 46.4 Å². The third kappa shape index (κ3) is 7.05. The number of nitrogens with zero attached hydrogens (tertiary/aromatic N) is 1. The molecule has 0 aromatic heterocycles. The van der Waals surface area contributed by atoms with E-state index in [0.29, 0.717) is 12.3 Å². The summed E-state index contributed by atoms with van der Waals surface area (Å²) in [6.07, 6.45) is 0.966. The van der Waals surface area contributed by atoms with Crippen molar-refractivity contribution in [2.24, 2.45) is 0 Å². The third-order valence-electron chi connectivity index (χ3n) is 3.15. The van der Waals surface area contributed by atoms with Crippen molar-refractivity contribution in [1.29, 1.82) is 0 Å². The van der Waals surface area contributed by atoms with Crippen LogP contribution in [0.25, 0.3) is 0 Å². The van der Waals surface area contributed by atoms with Crippen molar-refractivity contribution in [2.45, 2.75) is 24.1 Å². The van der Waals surface area contributed by atoms with E-state index in [0.717, 1.165) is 31.8 Å². The van der Waals surface area contributed by atoms with Gasteiger partial charge in [-0.3, -0.25) is 4.79 Å². The summed E-state index contributed by atoms with van der Waals surface area (Å²) in [6.45, 7) is 8.06. The van der Waals surface area contributed by atoms with Crippen molar-refractivity contribution in [3.05, 3.63) is 24.3 Å². The van der Waals surface area contributed by atoms with E-state index in [1.54, 1.807) is 24.3 Å². The first-order chi connectivity index (χ1) is 10.4.